The van der Waals surface area contributed by atoms with Crippen LogP contribution in [-0.2, 0) is 0 Å². The maximum atomic E-state index is 12.1. The zero-order valence-corrected chi connectivity index (χ0v) is 12.8. The summed E-state index contributed by atoms with van der Waals surface area (Å²) in [4.78, 5) is 13.9. The van der Waals surface area contributed by atoms with Crippen LogP contribution in [0.3, 0.4) is 0 Å². The number of carbonyl (C=O) groups is 1. The normalized spacial score (nSPS) is 12.3. The van der Waals surface area contributed by atoms with Gasteiger partial charge in [-0.1, -0.05) is 31.9 Å². The second-order valence-electron chi connectivity index (χ2n) is 3.94. The number of benzene rings is 1. The monoisotopic (exact) mass is 347 g/mol. The molecule has 0 aliphatic heterocycles. The summed E-state index contributed by atoms with van der Waals surface area (Å²) in [6, 6.07) is 5.94. The van der Waals surface area contributed by atoms with Crippen LogP contribution in [0.5, 0.6) is 0 Å². The summed E-state index contributed by atoms with van der Waals surface area (Å²) in [5, 5.41) is 0.780. The smallest absolute Gasteiger partial charge is 0.253 e. The van der Waals surface area contributed by atoms with E-state index in [-0.39, 0.29) is 11.9 Å². The van der Waals surface area contributed by atoms with E-state index in [1.165, 1.54) is 0 Å². The number of hydrogen-bond donors (Lipinski definition) is 0. The number of aryl methyl sites for hydroxylation is 1. The van der Waals surface area contributed by atoms with Crippen molar-refractivity contribution in [3.8, 4) is 0 Å². The van der Waals surface area contributed by atoms with Crippen molar-refractivity contribution in [3.63, 3.8) is 0 Å². The van der Waals surface area contributed by atoms with Gasteiger partial charge in [0.25, 0.3) is 5.91 Å². The molecule has 0 fully saturated rings. The highest BCUT2D eigenvalue weighted by Gasteiger charge is 2.16. The molecule has 0 aliphatic rings. The lowest BCUT2D eigenvalue weighted by atomic mass is 10.1. The number of rotatable bonds is 3. The van der Waals surface area contributed by atoms with E-state index in [0.717, 1.165) is 20.9 Å². The topological polar surface area (TPSA) is 20.3 Å². The molecule has 1 aromatic carbocycles. The fraction of sp³-hybridized carbons (Fsp3) is 0.417. The van der Waals surface area contributed by atoms with E-state index in [1.807, 2.05) is 39.1 Å². The molecule has 4 heteroatoms. The number of alkyl halides is 1. The lowest BCUT2D eigenvalue weighted by Crippen LogP contribution is -2.36. The molecule has 0 spiro atoms. The molecule has 88 valence electrons. The Bertz CT molecular complexity index is 372. The Hall–Kier alpha value is -0.350. The summed E-state index contributed by atoms with van der Waals surface area (Å²) in [7, 11) is 1.82. The molecule has 0 heterocycles. The SMILES string of the molecule is Cc1cc(Br)cc(C(=O)N(C)C(C)CBr)c1. The van der Waals surface area contributed by atoms with Crippen LogP contribution in [0.25, 0.3) is 0 Å². The van der Waals surface area contributed by atoms with E-state index in [9.17, 15) is 4.79 Å². The van der Waals surface area contributed by atoms with Crippen molar-refractivity contribution in [3.05, 3.63) is 33.8 Å². The van der Waals surface area contributed by atoms with Crippen LogP contribution in [0, 0.1) is 6.92 Å². The molecule has 1 atom stereocenters. The minimum absolute atomic E-state index is 0.0522. The second-order valence-corrected chi connectivity index (χ2v) is 5.50. The zero-order valence-electron chi connectivity index (χ0n) is 9.63. The highest BCUT2D eigenvalue weighted by molar-refractivity contribution is 9.10. The molecule has 1 unspecified atom stereocenters. The van der Waals surface area contributed by atoms with E-state index >= 15 is 0 Å². The molecule has 1 rings (SSSR count). The third-order valence-corrected chi connectivity index (χ3v) is 3.89. The van der Waals surface area contributed by atoms with Gasteiger partial charge in [-0.3, -0.25) is 4.79 Å². The Morgan fingerprint density at radius 1 is 1.44 bits per heavy atom. The van der Waals surface area contributed by atoms with Gasteiger partial charge in [-0.2, -0.15) is 0 Å². The molecule has 0 saturated carbocycles. The number of nitrogens with zero attached hydrogens (tertiary/aromatic N) is 1. The average Bonchev–Trinajstić information content (AvgIpc) is 2.24. The third kappa shape index (κ3) is 3.32. The summed E-state index contributed by atoms with van der Waals surface area (Å²) < 4.78 is 0.941. The molecular formula is C12H15Br2NO. The van der Waals surface area contributed by atoms with Gasteiger partial charge in [-0.25, -0.2) is 0 Å². The van der Waals surface area contributed by atoms with Crippen LogP contribution >= 0.6 is 31.9 Å². The summed E-state index contributed by atoms with van der Waals surface area (Å²) in [6.45, 7) is 3.99. The van der Waals surface area contributed by atoms with Crippen LogP contribution in [0.1, 0.15) is 22.8 Å². The molecule has 0 aromatic heterocycles. The van der Waals surface area contributed by atoms with Crippen molar-refractivity contribution < 1.29 is 4.79 Å². The number of hydrogen-bond acceptors (Lipinski definition) is 1. The standard InChI is InChI=1S/C12H15Br2NO/c1-8-4-10(6-11(14)5-8)12(16)15(3)9(2)7-13/h4-6,9H,7H2,1-3H3. The maximum absolute atomic E-state index is 12.1. The summed E-state index contributed by atoms with van der Waals surface area (Å²) in [6.07, 6.45) is 0. The fourth-order valence-corrected chi connectivity index (χ4v) is 2.41. The Kier molecular flexibility index (Phi) is 4.99. The van der Waals surface area contributed by atoms with E-state index in [1.54, 1.807) is 4.90 Å². The average molecular weight is 349 g/mol. The van der Waals surface area contributed by atoms with Gasteiger partial charge in [-0.15, -0.1) is 0 Å². The molecule has 0 aliphatic carbocycles. The van der Waals surface area contributed by atoms with Gasteiger partial charge in [0.15, 0.2) is 0 Å². The van der Waals surface area contributed by atoms with Gasteiger partial charge in [0, 0.05) is 28.5 Å². The van der Waals surface area contributed by atoms with Crippen LogP contribution in [0.2, 0.25) is 0 Å². The van der Waals surface area contributed by atoms with Crippen molar-refractivity contribution in [1.82, 2.24) is 4.90 Å². The molecule has 0 radical (unpaired) electrons. The van der Waals surface area contributed by atoms with Crippen molar-refractivity contribution >= 4 is 37.8 Å². The Morgan fingerprint density at radius 2 is 2.06 bits per heavy atom. The molecule has 0 N–H and O–H groups in total. The maximum Gasteiger partial charge on any atom is 0.253 e. The van der Waals surface area contributed by atoms with Crippen molar-refractivity contribution in [2.24, 2.45) is 0 Å². The molecular weight excluding hydrogens is 334 g/mol. The van der Waals surface area contributed by atoms with E-state index in [4.69, 9.17) is 0 Å². The molecule has 1 amide bonds. The number of halogens is 2. The first-order chi connectivity index (χ1) is 7.45. The Morgan fingerprint density at radius 3 is 2.56 bits per heavy atom. The summed E-state index contributed by atoms with van der Waals surface area (Å²) in [5.74, 6) is 0.0522. The van der Waals surface area contributed by atoms with E-state index in [0.29, 0.717) is 0 Å². The largest absolute Gasteiger partial charge is 0.338 e. The fourth-order valence-electron chi connectivity index (χ4n) is 1.37. The molecule has 1 aromatic rings. The zero-order chi connectivity index (χ0) is 12.3. The lowest BCUT2D eigenvalue weighted by Gasteiger charge is -2.23. The summed E-state index contributed by atoms with van der Waals surface area (Å²) >= 11 is 6.79. The van der Waals surface area contributed by atoms with Gasteiger partial charge in [0.2, 0.25) is 0 Å². The van der Waals surface area contributed by atoms with Crippen LogP contribution in [-0.4, -0.2) is 29.2 Å². The van der Waals surface area contributed by atoms with Gasteiger partial charge in [0.05, 0.1) is 0 Å². The van der Waals surface area contributed by atoms with Gasteiger partial charge >= 0.3 is 0 Å². The van der Waals surface area contributed by atoms with Crippen molar-refractivity contribution in [2.45, 2.75) is 19.9 Å². The van der Waals surface area contributed by atoms with Gasteiger partial charge in [-0.05, 0) is 37.6 Å². The van der Waals surface area contributed by atoms with Crippen molar-refractivity contribution in [2.75, 3.05) is 12.4 Å². The third-order valence-electron chi connectivity index (χ3n) is 2.49. The second kappa shape index (κ2) is 5.82. The van der Waals surface area contributed by atoms with Gasteiger partial charge in [0.1, 0.15) is 0 Å². The van der Waals surface area contributed by atoms with E-state index in [2.05, 4.69) is 31.9 Å². The number of amides is 1. The molecule has 0 bridgehead atoms. The minimum Gasteiger partial charge on any atom is -0.338 e. The number of carbonyl (C=O) groups excluding carboxylic acids is 1. The quantitative estimate of drug-likeness (QED) is 0.764. The van der Waals surface area contributed by atoms with E-state index < -0.39 is 0 Å². The molecule has 2 nitrogen and oxygen atoms in total. The van der Waals surface area contributed by atoms with Gasteiger partial charge < -0.3 is 4.90 Å². The highest BCUT2D eigenvalue weighted by atomic mass is 79.9. The summed E-state index contributed by atoms with van der Waals surface area (Å²) in [5.41, 5.74) is 1.81. The first-order valence-electron chi connectivity index (χ1n) is 5.06. The lowest BCUT2D eigenvalue weighted by molar-refractivity contribution is 0.0758. The van der Waals surface area contributed by atoms with Crippen LogP contribution in [0.15, 0.2) is 22.7 Å². The predicted molar refractivity (Wildman–Crippen MR) is 74.2 cm³/mol. The van der Waals surface area contributed by atoms with Crippen LogP contribution < -0.4 is 0 Å². The first kappa shape index (κ1) is 13.7. The molecule has 16 heavy (non-hydrogen) atoms. The minimum atomic E-state index is 0.0522. The Balaban J connectivity index is 2.96. The first-order valence-corrected chi connectivity index (χ1v) is 6.97. The predicted octanol–water partition coefficient (Wildman–Crippen LogP) is 3.61. The molecule has 0 saturated heterocycles. The van der Waals surface area contributed by atoms with Crippen LogP contribution in [0.4, 0.5) is 0 Å². The van der Waals surface area contributed by atoms with Crippen molar-refractivity contribution in [1.29, 1.82) is 0 Å². The Labute approximate surface area is 113 Å². The highest BCUT2D eigenvalue weighted by Crippen LogP contribution is 2.17.